The van der Waals surface area contributed by atoms with Crippen LogP contribution in [-0.4, -0.2) is 36.4 Å². The van der Waals surface area contributed by atoms with Crippen molar-refractivity contribution < 1.29 is 42.1 Å². The molecule has 242 valence electrons. The van der Waals surface area contributed by atoms with Gasteiger partial charge in [-0.25, -0.2) is 9.59 Å². The topological polar surface area (TPSA) is 134 Å². The molecule has 0 spiro atoms. The Balaban J connectivity index is 1.27. The molecule has 5 N–H and O–H groups in total. The molecule has 0 radical (unpaired) electrons. The van der Waals surface area contributed by atoms with Crippen LogP contribution in [0.25, 0.3) is 6.08 Å². The Bertz CT molecular complexity index is 1410. The Hall–Kier alpha value is -4.67. The summed E-state index contributed by atoms with van der Waals surface area (Å²) in [5.74, 6) is -0.191. The molecule has 0 heterocycles. The molecule has 0 aliphatic carbocycles. The predicted molar refractivity (Wildman–Crippen MR) is 167 cm³/mol. The number of aromatic carboxylic acids is 1. The molecular formula is C34H39F3N2O6. The molecule has 0 amide bonds. The fourth-order valence-corrected chi connectivity index (χ4v) is 4.54. The van der Waals surface area contributed by atoms with Crippen LogP contribution in [0.15, 0.2) is 66.7 Å². The van der Waals surface area contributed by atoms with Crippen molar-refractivity contribution in [1.29, 1.82) is 0 Å². The van der Waals surface area contributed by atoms with Gasteiger partial charge in [-0.05, 0) is 91.4 Å². The van der Waals surface area contributed by atoms with Crippen molar-refractivity contribution in [3.8, 4) is 17.2 Å². The molecule has 11 heteroatoms. The number of ether oxygens (including phenoxy) is 3. The number of nitrogen functional groups attached to an aromatic ring is 2. The van der Waals surface area contributed by atoms with E-state index in [2.05, 4.69) is 0 Å². The zero-order valence-corrected chi connectivity index (χ0v) is 25.0. The molecule has 0 aromatic heterocycles. The molecule has 8 nitrogen and oxygen atoms in total. The van der Waals surface area contributed by atoms with Crippen molar-refractivity contribution >= 4 is 29.4 Å². The zero-order valence-electron chi connectivity index (χ0n) is 25.0. The van der Waals surface area contributed by atoms with Crippen molar-refractivity contribution in [2.75, 3.05) is 24.7 Å². The maximum atomic E-state index is 12.2. The summed E-state index contributed by atoms with van der Waals surface area (Å²) in [6.45, 7) is 0.526. The molecule has 0 fully saturated rings. The minimum atomic E-state index is -4.20. The SMILES string of the molecule is Nc1cc(N)c(CCCCCCCCOc2ccc(/C=C/C(=O)Oc3ccc(OCCCC(F)(F)F)cc3)cc2)c(C(=O)O)c1. The van der Waals surface area contributed by atoms with Gasteiger partial charge in [0.2, 0.25) is 0 Å². The van der Waals surface area contributed by atoms with Crippen LogP contribution in [0.5, 0.6) is 17.2 Å². The number of carbonyl (C=O) groups is 2. The molecule has 0 saturated carbocycles. The summed E-state index contributed by atoms with van der Waals surface area (Å²) in [5, 5.41) is 9.40. The number of unbranched alkanes of at least 4 members (excludes halogenated alkanes) is 5. The highest BCUT2D eigenvalue weighted by atomic mass is 19.4. The highest BCUT2D eigenvalue weighted by Crippen LogP contribution is 2.25. The van der Waals surface area contributed by atoms with Gasteiger partial charge < -0.3 is 30.8 Å². The summed E-state index contributed by atoms with van der Waals surface area (Å²) in [6.07, 6.45) is 4.13. The number of anilines is 2. The summed E-state index contributed by atoms with van der Waals surface area (Å²) in [7, 11) is 0. The summed E-state index contributed by atoms with van der Waals surface area (Å²) < 4.78 is 52.9. The average Bonchev–Trinajstić information content (AvgIpc) is 2.99. The Morgan fingerprint density at radius 3 is 1.93 bits per heavy atom. The number of benzene rings is 3. The minimum Gasteiger partial charge on any atom is -0.494 e. The zero-order chi connectivity index (χ0) is 32.7. The highest BCUT2D eigenvalue weighted by Gasteiger charge is 2.26. The number of carboxylic acids is 1. The molecule has 3 rings (SSSR count). The first-order valence-electron chi connectivity index (χ1n) is 14.8. The molecule has 3 aromatic rings. The lowest BCUT2D eigenvalue weighted by Crippen LogP contribution is -2.09. The molecule has 0 aliphatic rings. The number of carbonyl (C=O) groups excluding carboxylic acids is 1. The number of halogens is 3. The first kappa shape index (κ1) is 34.8. The van der Waals surface area contributed by atoms with Crippen molar-refractivity contribution in [3.05, 3.63) is 83.4 Å². The fourth-order valence-electron chi connectivity index (χ4n) is 4.54. The lowest BCUT2D eigenvalue weighted by Gasteiger charge is -2.11. The smallest absolute Gasteiger partial charge is 0.389 e. The quantitative estimate of drug-likeness (QED) is 0.0426. The Labute approximate surface area is 260 Å². The maximum absolute atomic E-state index is 12.2. The van der Waals surface area contributed by atoms with Crippen LogP contribution in [0.1, 0.15) is 72.9 Å². The van der Waals surface area contributed by atoms with Crippen molar-refractivity contribution in [1.82, 2.24) is 0 Å². The molecule has 0 unspecified atom stereocenters. The van der Waals surface area contributed by atoms with Gasteiger partial charge in [-0.1, -0.05) is 37.8 Å². The van der Waals surface area contributed by atoms with Crippen LogP contribution in [0.4, 0.5) is 24.5 Å². The number of esters is 1. The van der Waals surface area contributed by atoms with Gasteiger partial charge in [0.1, 0.15) is 17.2 Å². The van der Waals surface area contributed by atoms with E-state index >= 15 is 0 Å². The van der Waals surface area contributed by atoms with Gasteiger partial charge in [0.05, 0.1) is 18.8 Å². The number of hydrogen-bond donors (Lipinski definition) is 3. The van der Waals surface area contributed by atoms with Crippen LogP contribution in [-0.2, 0) is 11.2 Å². The third-order valence-electron chi connectivity index (χ3n) is 6.83. The second kappa shape index (κ2) is 17.6. The minimum absolute atomic E-state index is 0.0599. The fraction of sp³-hybridized carbons (Fsp3) is 0.353. The third kappa shape index (κ3) is 13.2. The Kier molecular flexibility index (Phi) is 13.6. The predicted octanol–water partition coefficient (Wildman–Crippen LogP) is 7.85. The van der Waals surface area contributed by atoms with E-state index in [1.54, 1.807) is 12.1 Å². The van der Waals surface area contributed by atoms with Crippen molar-refractivity contribution in [2.24, 2.45) is 0 Å². The lowest BCUT2D eigenvalue weighted by atomic mass is 9.98. The van der Waals surface area contributed by atoms with Crippen LogP contribution in [0.2, 0.25) is 0 Å². The molecule has 0 bridgehead atoms. The molecule has 3 aromatic carbocycles. The van der Waals surface area contributed by atoms with Gasteiger partial charge in [-0.2, -0.15) is 13.2 Å². The van der Waals surface area contributed by atoms with Gasteiger partial charge >= 0.3 is 18.1 Å². The van der Waals surface area contributed by atoms with Gasteiger partial charge in [0.25, 0.3) is 0 Å². The Morgan fingerprint density at radius 2 is 1.31 bits per heavy atom. The number of alkyl halides is 3. The van der Waals surface area contributed by atoms with Gasteiger partial charge in [-0.15, -0.1) is 0 Å². The van der Waals surface area contributed by atoms with Crippen LogP contribution < -0.4 is 25.7 Å². The first-order chi connectivity index (χ1) is 21.5. The molecule has 0 atom stereocenters. The normalized spacial score (nSPS) is 11.4. The van der Waals surface area contributed by atoms with Crippen molar-refractivity contribution in [2.45, 2.75) is 64.0 Å². The largest absolute Gasteiger partial charge is 0.494 e. The molecule has 0 aliphatic heterocycles. The molecule has 0 saturated heterocycles. The summed E-state index contributed by atoms with van der Waals surface area (Å²) >= 11 is 0. The average molecular weight is 629 g/mol. The maximum Gasteiger partial charge on any atom is 0.389 e. The van der Waals surface area contributed by atoms with E-state index < -0.39 is 24.5 Å². The van der Waals surface area contributed by atoms with E-state index in [0.717, 1.165) is 49.8 Å². The van der Waals surface area contributed by atoms with Gasteiger partial charge in [0, 0.05) is 23.9 Å². The summed E-state index contributed by atoms with van der Waals surface area (Å²) in [5.41, 5.74) is 14.1. The molecule has 45 heavy (non-hydrogen) atoms. The van der Waals surface area contributed by atoms with Gasteiger partial charge in [-0.3, -0.25) is 0 Å². The summed E-state index contributed by atoms with van der Waals surface area (Å²) in [6, 6.07) is 16.4. The second-order valence-corrected chi connectivity index (χ2v) is 10.5. The van der Waals surface area contributed by atoms with E-state index in [9.17, 15) is 27.9 Å². The summed E-state index contributed by atoms with van der Waals surface area (Å²) in [4.78, 5) is 23.6. The lowest BCUT2D eigenvalue weighted by molar-refractivity contribution is -0.136. The first-order valence-corrected chi connectivity index (χ1v) is 14.8. The van der Waals surface area contributed by atoms with Gasteiger partial charge in [0.15, 0.2) is 0 Å². The van der Waals surface area contributed by atoms with Crippen LogP contribution in [0, 0.1) is 0 Å². The highest BCUT2D eigenvalue weighted by molar-refractivity contribution is 5.92. The van der Waals surface area contributed by atoms with E-state index in [1.165, 1.54) is 36.4 Å². The number of carboxylic acid groups (broad SMARTS) is 1. The monoisotopic (exact) mass is 628 g/mol. The number of hydrogen-bond acceptors (Lipinski definition) is 7. The van der Waals surface area contributed by atoms with Crippen LogP contribution >= 0.6 is 0 Å². The van der Waals surface area contributed by atoms with E-state index in [0.29, 0.717) is 35.7 Å². The molecular weight excluding hydrogens is 589 g/mol. The Morgan fingerprint density at radius 1 is 0.756 bits per heavy atom. The van der Waals surface area contributed by atoms with Crippen molar-refractivity contribution in [3.63, 3.8) is 0 Å². The van der Waals surface area contributed by atoms with Crippen LogP contribution in [0.3, 0.4) is 0 Å². The third-order valence-corrected chi connectivity index (χ3v) is 6.83. The standard InChI is InChI=1S/C34H39F3N2O6/c35-34(36,37)19-7-21-44-27-14-16-28(17-15-27)45-32(40)18-11-24-9-12-26(13-10-24)43-20-6-4-2-1-3-5-8-29-30(33(41)42)22-25(38)23-31(29)39/h9-18,22-23H,1-8,19-21,38-39H2,(H,41,42)/b18-11+. The van der Waals surface area contributed by atoms with E-state index in [1.807, 2.05) is 24.3 Å². The van der Waals surface area contributed by atoms with E-state index in [4.69, 9.17) is 25.7 Å². The van der Waals surface area contributed by atoms with E-state index in [-0.39, 0.29) is 24.3 Å². The number of nitrogens with two attached hydrogens (primary N) is 2. The second-order valence-electron chi connectivity index (χ2n) is 10.5. The number of rotatable bonds is 18.